The van der Waals surface area contributed by atoms with Crippen molar-refractivity contribution in [3.63, 3.8) is 0 Å². The SMILES string of the molecule is COC(=O)C[C@@H]1C[C@@H](C(=O)OC(C)(C)C)[C@H](c2ccccc2)O1. The van der Waals surface area contributed by atoms with Gasteiger partial charge in [0.1, 0.15) is 5.60 Å². The summed E-state index contributed by atoms with van der Waals surface area (Å²) in [6, 6.07) is 9.55. The third-order valence-electron chi connectivity index (χ3n) is 3.68. The molecule has 1 aliphatic heterocycles. The van der Waals surface area contributed by atoms with Crippen LogP contribution in [0.25, 0.3) is 0 Å². The van der Waals surface area contributed by atoms with Crippen molar-refractivity contribution in [1.29, 1.82) is 0 Å². The van der Waals surface area contributed by atoms with Crippen LogP contribution in [0.3, 0.4) is 0 Å². The molecule has 0 N–H and O–H groups in total. The number of esters is 2. The lowest BCUT2D eigenvalue weighted by molar-refractivity contribution is -0.162. The van der Waals surface area contributed by atoms with E-state index >= 15 is 0 Å². The van der Waals surface area contributed by atoms with Crippen molar-refractivity contribution in [2.75, 3.05) is 7.11 Å². The number of hydrogen-bond donors (Lipinski definition) is 0. The summed E-state index contributed by atoms with van der Waals surface area (Å²) in [5.74, 6) is -1.06. The zero-order valence-electron chi connectivity index (χ0n) is 14.1. The van der Waals surface area contributed by atoms with Gasteiger partial charge in [-0.3, -0.25) is 9.59 Å². The highest BCUT2D eigenvalue weighted by Gasteiger charge is 2.43. The Morgan fingerprint density at radius 1 is 1.22 bits per heavy atom. The first-order valence-electron chi connectivity index (χ1n) is 7.80. The second-order valence-electron chi connectivity index (χ2n) is 6.75. The third kappa shape index (κ3) is 4.79. The van der Waals surface area contributed by atoms with E-state index < -0.39 is 17.6 Å². The summed E-state index contributed by atoms with van der Waals surface area (Å²) in [5.41, 5.74) is 0.356. The molecule has 5 nitrogen and oxygen atoms in total. The van der Waals surface area contributed by atoms with Gasteiger partial charge < -0.3 is 14.2 Å². The summed E-state index contributed by atoms with van der Waals surface area (Å²) >= 11 is 0. The predicted molar refractivity (Wildman–Crippen MR) is 84.6 cm³/mol. The summed E-state index contributed by atoms with van der Waals surface area (Å²) in [5, 5.41) is 0. The van der Waals surface area contributed by atoms with Crippen molar-refractivity contribution >= 4 is 11.9 Å². The molecule has 1 fully saturated rings. The molecule has 0 unspecified atom stereocenters. The van der Waals surface area contributed by atoms with Crippen LogP contribution in [-0.2, 0) is 23.8 Å². The molecule has 0 spiro atoms. The maximum absolute atomic E-state index is 12.5. The molecule has 0 amide bonds. The van der Waals surface area contributed by atoms with Gasteiger partial charge in [-0.2, -0.15) is 0 Å². The average molecular weight is 320 g/mol. The molecule has 1 saturated heterocycles. The Labute approximate surface area is 136 Å². The summed E-state index contributed by atoms with van der Waals surface area (Å²) in [6.07, 6.45) is -0.159. The minimum Gasteiger partial charge on any atom is -0.469 e. The molecule has 0 aliphatic carbocycles. The fourth-order valence-electron chi connectivity index (χ4n) is 2.72. The van der Waals surface area contributed by atoms with Gasteiger partial charge in [0.2, 0.25) is 0 Å². The summed E-state index contributed by atoms with van der Waals surface area (Å²) in [6.45, 7) is 5.51. The number of carbonyl (C=O) groups is 2. The molecular weight excluding hydrogens is 296 g/mol. The number of benzene rings is 1. The van der Waals surface area contributed by atoms with E-state index in [9.17, 15) is 9.59 Å². The highest BCUT2D eigenvalue weighted by Crippen LogP contribution is 2.40. The Morgan fingerprint density at radius 3 is 2.43 bits per heavy atom. The van der Waals surface area contributed by atoms with Crippen LogP contribution < -0.4 is 0 Å². The van der Waals surface area contributed by atoms with Gasteiger partial charge in [0.15, 0.2) is 0 Å². The first-order valence-corrected chi connectivity index (χ1v) is 7.80. The van der Waals surface area contributed by atoms with Crippen molar-refractivity contribution in [3.05, 3.63) is 35.9 Å². The summed E-state index contributed by atoms with van der Waals surface area (Å²) in [4.78, 5) is 24.0. The van der Waals surface area contributed by atoms with Gasteiger partial charge in [0.25, 0.3) is 0 Å². The molecule has 1 aliphatic rings. The Hall–Kier alpha value is -1.88. The van der Waals surface area contributed by atoms with Crippen molar-refractivity contribution in [2.45, 2.75) is 51.4 Å². The van der Waals surface area contributed by atoms with Gasteiger partial charge in [-0.15, -0.1) is 0 Å². The van der Waals surface area contributed by atoms with Crippen molar-refractivity contribution in [2.24, 2.45) is 5.92 Å². The molecule has 2 rings (SSSR count). The molecule has 0 aromatic heterocycles. The van der Waals surface area contributed by atoms with E-state index in [-0.39, 0.29) is 24.5 Å². The lowest BCUT2D eigenvalue weighted by atomic mass is 9.93. The number of hydrogen-bond acceptors (Lipinski definition) is 5. The Balaban J connectivity index is 2.18. The molecule has 1 heterocycles. The van der Waals surface area contributed by atoms with Gasteiger partial charge in [0, 0.05) is 0 Å². The number of ether oxygens (including phenoxy) is 3. The molecule has 1 aromatic rings. The quantitative estimate of drug-likeness (QED) is 0.798. The Bertz CT molecular complexity index is 546. The van der Waals surface area contributed by atoms with Crippen LogP contribution in [0.5, 0.6) is 0 Å². The van der Waals surface area contributed by atoms with Crippen LogP contribution in [0.15, 0.2) is 30.3 Å². The predicted octanol–water partition coefficient (Wildman–Crippen LogP) is 3.04. The van der Waals surface area contributed by atoms with Crippen LogP contribution in [-0.4, -0.2) is 30.8 Å². The first-order chi connectivity index (χ1) is 10.8. The van der Waals surface area contributed by atoms with Gasteiger partial charge in [-0.1, -0.05) is 30.3 Å². The zero-order chi connectivity index (χ0) is 17.0. The van der Waals surface area contributed by atoms with Crippen LogP contribution in [0.4, 0.5) is 0 Å². The Kier molecular flexibility index (Phi) is 5.42. The second kappa shape index (κ2) is 7.13. The normalized spacial score (nSPS) is 24.3. The topological polar surface area (TPSA) is 61.8 Å². The summed E-state index contributed by atoms with van der Waals surface area (Å²) < 4.78 is 16.2. The first kappa shape index (κ1) is 17.5. The molecule has 5 heteroatoms. The lowest BCUT2D eigenvalue weighted by Crippen LogP contribution is -2.30. The third-order valence-corrected chi connectivity index (χ3v) is 3.68. The fraction of sp³-hybridized carbons (Fsp3) is 0.556. The van der Waals surface area contributed by atoms with E-state index in [0.717, 1.165) is 5.56 Å². The van der Waals surface area contributed by atoms with E-state index in [0.29, 0.717) is 6.42 Å². The average Bonchev–Trinajstić information content (AvgIpc) is 2.90. The standard InChI is InChI=1S/C18H24O5/c1-18(2,3)23-17(20)14-10-13(11-15(19)21-4)22-16(14)12-8-6-5-7-9-12/h5-9,13-14,16H,10-11H2,1-4H3/t13-,14+,16-/m0/s1. The number of methoxy groups -OCH3 is 1. The Morgan fingerprint density at radius 2 is 1.87 bits per heavy atom. The van der Waals surface area contributed by atoms with Crippen molar-refractivity contribution < 1.29 is 23.8 Å². The lowest BCUT2D eigenvalue weighted by Gasteiger charge is -2.24. The van der Waals surface area contributed by atoms with Gasteiger partial charge in [-0.25, -0.2) is 0 Å². The molecule has 3 atom stereocenters. The van der Waals surface area contributed by atoms with Gasteiger partial charge >= 0.3 is 11.9 Å². The molecular formula is C18H24O5. The van der Waals surface area contributed by atoms with Crippen LogP contribution in [0.1, 0.15) is 45.3 Å². The molecule has 0 saturated carbocycles. The van der Waals surface area contributed by atoms with Gasteiger partial charge in [0.05, 0.1) is 31.7 Å². The maximum atomic E-state index is 12.5. The van der Waals surface area contributed by atoms with Crippen LogP contribution in [0.2, 0.25) is 0 Å². The highest BCUT2D eigenvalue weighted by atomic mass is 16.6. The van der Waals surface area contributed by atoms with E-state index in [2.05, 4.69) is 0 Å². The maximum Gasteiger partial charge on any atom is 0.312 e. The number of carbonyl (C=O) groups excluding carboxylic acids is 2. The summed E-state index contributed by atoms with van der Waals surface area (Å²) in [7, 11) is 1.34. The van der Waals surface area contributed by atoms with E-state index in [1.807, 2.05) is 51.1 Å². The molecule has 23 heavy (non-hydrogen) atoms. The van der Waals surface area contributed by atoms with E-state index in [1.54, 1.807) is 0 Å². The van der Waals surface area contributed by atoms with Crippen molar-refractivity contribution in [3.8, 4) is 0 Å². The smallest absolute Gasteiger partial charge is 0.312 e. The number of rotatable bonds is 4. The minimum absolute atomic E-state index is 0.138. The molecule has 0 radical (unpaired) electrons. The highest BCUT2D eigenvalue weighted by molar-refractivity contribution is 5.75. The zero-order valence-corrected chi connectivity index (χ0v) is 14.1. The largest absolute Gasteiger partial charge is 0.469 e. The van der Waals surface area contributed by atoms with Gasteiger partial charge in [-0.05, 0) is 32.8 Å². The monoisotopic (exact) mass is 320 g/mol. The van der Waals surface area contributed by atoms with Crippen LogP contribution >= 0.6 is 0 Å². The van der Waals surface area contributed by atoms with E-state index in [1.165, 1.54) is 7.11 Å². The van der Waals surface area contributed by atoms with Crippen LogP contribution in [0, 0.1) is 5.92 Å². The molecule has 126 valence electrons. The second-order valence-corrected chi connectivity index (χ2v) is 6.75. The van der Waals surface area contributed by atoms with Crippen molar-refractivity contribution in [1.82, 2.24) is 0 Å². The minimum atomic E-state index is -0.557. The molecule has 0 bridgehead atoms. The molecule has 1 aromatic carbocycles. The van der Waals surface area contributed by atoms with E-state index in [4.69, 9.17) is 14.2 Å². The fourth-order valence-corrected chi connectivity index (χ4v) is 2.72.